The molecule has 2 aromatic carbocycles. The Morgan fingerprint density at radius 1 is 1.10 bits per heavy atom. The Bertz CT molecular complexity index is 588. The van der Waals surface area contributed by atoms with E-state index < -0.39 is 0 Å². The molecule has 0 heterocycles. The van der Waals surface area contributed by atoms with E-state index in [2.05, 4.69) is 17.4 Å². The number of methoxy groups -OCH3 is 1. The number of aliphatic hydroxyl groups excluding tert-OH is 1. The van der Waals surface area contributed by atoms with Gasteiger partial charge in [0.1, 0.15) is 5.75 Å². The minimum absolute atomic E-state index is 0.0812. The van der Waals surface area contributed by atoms with Crippen LogP contribution >= 0.6 is 0 Å². The topological polar surface area (TPSA) is 41.5 Å². The van der Waals surface area contributed by atoms with Crippen molar-refractivity contribution in [3.8, 4) is 5.75 Å². The Kier molecular flexibility index (Phi) is 4.11. The van der Waals surface area contributed by atoms with Gasteiger partial charge in [-0.25, -0.2) is 0 Å². The molecule has 0 aromatic heterocycles. The third kappa shape index (κ3) is 3.03. The molecule has 0 amide bonds. The number of ether oxygens (including phenoxy) is 1. The van der Waals surface area contributed by atoms with E-state index in [1.807, 2.05) is 36.4 Å². The summed E-state index contributed by atoms with van der Waals surface area (Å²) in [4.78, 5) is 0. The molecule has 0 atom stereocenters. The van der Waals surface area contributed by atoms with E-state index in [9.17, 15) is 5.11 Å². The van der Waals surface area contributed by atoms with Crippen molar-refractivity contribution in [2.24, 2.45) is 0 Å². The van der Waals surface area contributed by atoms with Gasteiger partial charge in [-0.05, 0) is 42.5 Å². The summed E-state index contributed by atoms with van der Waals surface area (Å²) in [6.07, 6.45) is 2.26. The van der Waals surface area contributed by atoms with Crippen LogP contribution in [0.25, 0.3) is 0 Å². The molecule has 1 saturated carbocycles. The Labute approximate surface area is 125 Å². The average Bonchev–Trinajstić information content (AvgIpc) is 2.51. The Morgan fingerprint density at radius 2 is 1.81 bits per heavy atom. The van der Waals surface area contributed by atoms with E-state index in [-0.39, 0.29) is 6.61 Å². The van der Waals surface area contributed by atoms with Crippen LogP contribution in [0, 0.1) is 0 Å². The van der Waals surface area contributed by atoms with Gasteiger partial charge in [-0.1, -0.05) is 30.3 Å². The van der Waals surface area contributed by atoms with E-state index in [4.69, 9.17) is 4.74 Å². The molecule has 0 unspecified atom stereocenters. The molecule has 0 spiro atoms. The lowest BCUT2D eigenvalue weighted by Crippen LogP contribution is -2.34. The number of hydrogen-bond donors (Lipinski definition) is 2. The third-order valence-electron chi connectivity index (χ3n) is 4.27. The van der Waals surface area contributed by atoms with Crippen LogP contribution in [0.3, 0.4) is 0 Å². The summed E-state index contributed by atoms with van der Waals surface area (Å²) in [7, 11) is 1.69. The number of benzene rings is 2. The number of rotatable bonds is 5. The lowest BCUT2D eigenvalue weighted by molar-refractivity contribution is 0.282. The van der Waals surface area contributed by atoms with Crippen molar-refractivity contribution < 1.29 is 9.84 Å². The highest BCUT2D eigenvalue weighted by atomic mass is 16.5. The van der Waals surface area contributed by atoms with Gasteiger partial charge in [-0.3, -0.25) is 0 Å². The summed E-state index contributed by atoms with van der Waals surface area (Å²) in [6.45, 7) is 0.0812. The van der Waals surface area contributed by atoms with Crippen molar-refractivity contribution in [3.63, 3.8) is 0 Å². The zero-order valence-corrected chi connectivity index (χ0v) is 12.3. The first kappa shape index (κ1) is 14.0. The molecular weight excluding hydrogens is 262 g/mol. The lowest BCUT2D eigenvalue weighted by atomic mass is 9.75. The van der Waals surface area contributed by atoms with Gasteiger partial charge < -0.3 is 15.2 Å². The van der Waals surface area contributed by atoms with Crippen LogP contribution in [0.4, 0.5) is 5.69 Å². The molecule has 3 heteroatoms. The fourth-order valence-electron chi connectivity index (χ4n) is 2.90. The van der Waals surface area contributed by atoms with Crippen LogP contribution in [0.15, 0.2) is 48.5 Å². The average molecular weight is 283 g/mol. The van der Waals surface area contributed by atoms with Crippen molar-refractivity contribution in [2.75, 3.05) is 12.4 Å². The highest BCUT2D eigenvalue weighted by Gasteiger charge is 2.30. The zero-order chi connectivity index (χ0) is 14.7. The Balaban J connectivity index is 1.58. The van der Waals surface area contributed by atoms with Crippen molar-refractivity contribution in [1.29, 1.82) is 0 Å². The van der Waals surface area contributed by atoms with Crippen molar-refractivity contribution >= 4 is 5.69 Å². The SMILES string of the molecule is COc1ccc(C2CC(Nc3ccccc3CO)C2)cc1. The van der Waals surface area contributed by atoms with E-state index in [1.54, 1.807) is 7.11 Å². The van der Waals surface area contributed by atoms with Crippen LogP contribution in [0.5, 0.6) is 5.75 Å². The van der Waals surface area contributed by atoms with E-state index in [0.29, 0.717) is 12.0 Å². The second-order valence-corrected chi connectivity index (χ2v) is 5.60. The standard InChI is InChI=1S/C18H21NO2/c1-21-17-8-6-13(7-9-17)15-10-16(11-15)19-18-5-3-2-4-14(18)12-20/h2-9,15-16,19-20H,10-12H2,1H3. The highest BCUT2D eigenvalue weighted by molar-refractivity contribution is 5.52. The molecule has 2 aromatic rings. The number of hydrogen-bond acceptors (Lipinski definition) is 3. The van der Waals surface area contributed by atoms with Gasteiger partial charge in [0.2, 0.25) is 0 Å². The summed E-state index contributed by atoms with van der Waals surface area (Å²) >= 11 is 0. The molecule has 0 bridgehead atoms. The molecule has 2 N–H and O–H groups in total. The molecule has 0 radical (unpaired) electrons. The van der Waals surface area contributed by atoms with Crippen molar-refractivity contribution in [2.45, 2.75) is 31.4 Å². The normalized spacial score (nSPS) is 20.7. The number of nitrogens with one attached hydrogen (secondary N) is 1. The predicted octanol–water partition coefficient (Wildman–Crippen LogP) is 3.55. The smallest absolute Gasteiger partial charge is 0.118 e. The van der Waals surface area contributed by atoms with Gasteiger partial charge in [-0.2, -0.15) is 0 Å². The molecule has 1 aliphatic rings. The summed E-state index contributed by atoms with van der Waals surface area (Å²) in [5.74, 6) is 1.53. The molecule has 0 aliphatic heterocycles. The minimum Gasteiger partial charge on any atom is -0.497 e. The maximum Gasteiger partial charge on any atom is 0.118 e. The number of aliphatic hydroxyl groups is 1. The third-order valence-corrected chi connectivity index (χ3v) is 4.27. The summed E-state index contributed by atoms with van der Waals surface area (Å²) < 4.78 is 5.19. The maximum atomic E-state index is 9.35. The second-order valence-electron chi connectivity index (χ2n) is 5.60. The van der Waals surface area contributed by atoms with Crippen LogP contribution in [0.1, 0.15) is 29.9 Å². The molecule has 1 aliphatic carbocycles. The first-order valence-electron chi connectivity index (χ1n) is 7.39. The van der Waals surface area contributed by atoms with Crippen molar-refractivity contribution in [1.82, 2.24) is 0 Å². The van der Waals surface area contributed by atoms with Gasteiger partial charge in [0.15, 0.2) is 0 Å². The minimum atomic E-state index is 0.0812. The summed E-state index contributed by atoms with van der Waals surface area (Å²) in [5, 5.41) is 12.9. The zero-order valence-electron chi connectivity index (χ0n) is 12.3. The molecular formula is C18H21NO2. The van der Waals surface area contributed by atoms with Gasteiger partial charge in [0.05, 0.1) is 13.7 Å². The predicted molar refractivity (Wildman–Crippen MR) is 84.7 cm³/mol. The number of anilines is 1. The highest BCUT2D eigenvalue weighted by Crippen LogP contribution is 2.39. The number of para-hydroxylation sites is 1. The van der Waals surface area contributed by atoms with Crippen LogP contribution in [-0.4, -0.2) is 18.3 Å². The van der Waals surface area contributed by atoms with Crippen LogP contribution < -0.4 is 10.1 Å². The molecule has 1 fully saturated rings. The quantitative estimate of drug-likeness (QED) is 0.882. The molecule has 3 rings (SSSR count). The Hall–Kier alpha value is -2.00. The summed E-state index contributed by atoms with van der Waals surface area (Å²) in [5.41, 5.74) is 3.40. The van der Waals surface area contributed by atoms with Crippen molar-refractivity contribution in [3.05, 3.63) is 59.7 Å². The molecule has 21 heavy (non-hydrogen) atoms. The fraction of sp³-hybridized carbons (Fsp3) is 0.333. The Morgan fingerprint density at radius 3 is 2.48 bits per heavy atom. The van der Waals surface area contributed by atoms with Gasteiger partial charge in [-0.15, -0.1) is 0 Å². The molecule has 3 nitrogen and oxygen atoms in total. The summed E-state index contributed by atoms with van der Waals surface area (Å²) in [6, 6.07) is 16.8. The van der Waals surface area contributed by atoms with Gasteiger partial charge in [0.25, 0.3) is 0 Å². The van der Waals surface area contributed by atoms with E-state index in [1.165, 1.54) is 5.56 Å². The first-order valence-corrected chi connectivity index (χ1v) is 7.39. The molecule has 110 valence electrons. The second kappa shape index (κ2) is 6.19. The van der Waals surface area contributed by atoms with E-state index >= 15 is 0 Å². The van der Waals surface area contributed by atoms with Gasteiger partial charge >= 0.3 is 0 Å². The monoisotopic (exact) mass is 283 g/mol. The molecule has 0 saturated heterocycles. The van der Waals surface area contributed by atoms with Gasteiger partial charge in [0, 0.05) is 17.3 Å². The van der Waals surface area contributed by atoms with Crippen LogP contribution in [0.2, 0.25) is 0 Å². The first-order chi connectivity index (χ1) is 10.3. The largest absolute Gasteiger partial charge is 0.497 e. The fourth-order valence-corrected chi connectivity index (χ4v) is 2.90. The van der Waals surface area contributed by atoms with E-state index in [0.717, 1.165) is 29.8 Å². The lowest BCUT2D eigenvalue weighted by Gasteiger charge is -2.37. The van der Waals surface area contributed by atoms with Crippen LogP contribution in [-0.2, 0) is 6.61 Å². The maximum absolute atomic E-state index is 9.35.